The van der Waals surface area contributed by atoms with Crippen molar-refractivity contribution in [1.82, 2.24) is 0 Å². The second kappa shape index (κ2) is 6.16. The molecule has 21 heavy (non-hydrogen) atoms. The molecular weight excluding hydrogens is 329 g/mol. The van der Waals surface area contributed by atoms with Gasteiger partial charge in [0.25, 0.3) is 0 Å². The highest BCUT2D eigenvalue weighted by atomic mass is 35.5. The molecule has 2 unspecified atom stereocenters. The molecule has 0 saturated heterocycles. The van der Waals surface area contributed by atoms with Gasteiger partial charge in [-0.2, -0.15) is 0 Å². The first-order valence-corrected chi connectivity index (χ1v) is 8.73. The van der Waals surface area contributed by atoms with Gasteiger partial charge in [0.15, 0.2) is 0 Å². The molecule has 0 aromatic heterocycles. The number of ether oxygens (including phenoxy) is 1. The van der Waals surface area contributed by atoms with Crippen LogP contribution in [0.5, 0.6) is 0 Å². The van der Waals surface area contributed by atoms with E-state index in [1.54, 1.807) is 12.1 Å². The topological polar surface area (TPSA) is 21.3 Å². The highest BCUT2D eigenvalue weighted by Crippen LogP contribution is 2.56. The summed E-state index contributed by atoms with van der Waals surface area (Å²) in [6.07, 6.45) is 6.39. The minimum absolute atomic E-state index is 0.252. The molecule has 1 aromatic carbocycles. The average Bonchev–Trinajstić information content (AvgIpc) is 2.92. The monoisotopic (exact) mass is 347 g/mol. The normalized spacial score (nSPS) is 26.9. The Kier molecular flexibility index (Phi) is 4.61. The molecule has 5 heteroatoms. The van der Waals surface area contributed by atoms with Crippen LogP contribution in [0.25, 0.3) is 0 Å². The predicted molar refractivity (Wildman–Crippen MR) is 89.8 cm³/mol. The van der Waals surface area contributed by atoms with Gasteiger partial charge in [0.2, 0.25) is 0 Å². The lowest BCUT2D eigenvalue weighted by atomic mass is 9.60. The smallest absolute Gasteiger partial charge is 0.0722 e. The zero-order chi connectivity index (χ0) is 15.0. The quantitative estimate of drug-likeness (QED) is 0.743. The lowest BCUT2D eigenvalue weighted by Gasteiger charge is -2.54. The van der Waals surface area contributed by atoms with Gasteiger partial charge < -0.3 is 10.1 Å². The van der Waals surface area contributed by atoms with E-state index in [1.165, 1.54) is 25.7 Å². The summed E-state index contributed by atoms with van der Waals surface area (Å²) in [7, 11) is 0. The summed E-state index contributed by atoms with van der Waals surface area (Å²) in [5, 5.41) is 5.29. The lowest BCUT2D eigenvalue weighted by Crippen LogP contribution is -2.60. The maximum atomic E-state index is 6.29. The van der Waals surface area contributed by atoms with Crippen molar-refractivity contribution in [2.45, 2.75) is 51.2 Å². The summed E-state index contributed by atoms with van der Waals surface area (Å²) in [4.78, 5) is 0. The molecule has 0 aliphatic heterocycles. The maximum absolute atomic E-state index is 6.29. The van der Waals surface area contributed by atoms with E-state index >= 15 is 0 Å². The molecule has 1 N–H and O–H groups in total. The van der Waals surface area contributed by atoms with E-state index in [2.05, 4.69) is 12.2 Å². The van der Waals surface area contributed by atoms with Crippen LogP contribution in [0.3, 0.4) is 0 Å². The molecule has 2 aliphatic rings. The molecule has 2 aliphatic carbocycles. The van der Waals surface area contributed by atoms with E-state index in [0.717, 1.165) is 18.7 Å². The van der Waals surface area contributed by atoms with Gasteiger partial charge in [-0.15, -0.1) is 0 Å². The largest absolute Gasteiger partial charge is 0.379 e. The Labute approximate surface area is 141 Å². The summed E-state index contributed by atoms with van der Waals surface area (Å²) in [6, 6.07) is 3.85. The Morgan fingerprint density at radius 1 is 1.19 bits per heavy atom. The summed E-state index contributed by atoms with van der Waals surface area (Å²) in [5.74, 6) is 0. The zero-order valence-electron chi connectivity index (χ0n) is 12.1. The number of benzene rings is 1. The fraction of sp³-hybridized carbons (Fsp3) is 0.625. The van der Waals surface area contributed by atoms with Gasteiger partial charge >= 0.3 is 0 Å². The van der Waals surface area contributed by atoms with Gasteiger partial charge in [-0.1, -0.05) is 47.6 Å². The SMILES string of the molecule is CCOC1CC(Nc2c(Cl)cc(Cl)cc2Cl)C12CCCC2. The fourth-order valence-corrected chi connectivity index (χ4v) is 4.87. The third kappa shape index (κ3) is 2.76. The van der Waals surface area contributed by atoms with Crippen LogP contribution in [0.1, 0.15) is 39.0 Å². The van der Waals surface area contributed by atoms with E-state index in [9.17, 15) is 0 Å². The number of hydrogen-bond acceptors (Lipinski definition) is 2. The summed E-state index contributed by atoms with van der Waals surface area (Å²) in [5.41, 5.74) is 1.05. The van der Waals surface area contributed by atoms with Crippen LogP contribution >= 0.6 is 34.8 Å². The van der Waals surface area contributed by atoms with Crippen LogP contribution in [0.2, 0.25) is 15.1 Å². The van der Waals surface area contributed by atoms with E-state index in [4.69, 9.17) is 39.5 Å². The van der Waals surface area contributed by atoms with Gasteiger partial charge in [0.05, 0.1) is 21.8 Å². The van der Waals surface area contributed by atoms with Gasteiger partial charge in [-0.3, -0.25) is 0 Å². The van der Waals surface area contributed by atoms with Gasteiger partial charge in [-0.25, -0.2) is 0 Å². The molecule has 0 bridgehead atoms. The first-order chi connectivity index (χ1) is 10.1. The third-order valence-electron chi connectivity index (χ3n) is 5.01. The number of rotatable bonds is 4. The molecule has 2 nitrogen and oxygen atoms in total. The van der Waals surface area contributed by atoms with Crippen molar-refractivity contribution in [2.75, 3.05) is 11.9 Å². The molecule has 2 fully saturated rings. The van der Waals surface area contributed by atoms with Crippen LogP contribution in [-0.2, 0) is 4.74 Å². The van der Waals surface area contributed by atoms with Crippen LogP contribution < -0.4 is 5.32 Å². The van der Waals surface area contributed by atoms with Crippen LogP contribution in [0, 0.1) is 5.41 Å². The maximum Gasteiger partial charge on any atom is 0.0722 e. The first-order valence-electron chi connectivity index (χ1n) is 7.59. The van der Waals surface area contributed by atoms with Crippen molar-refractivity contribution >= 4 is 40.5 Å². The number of hydrogen-bond donors (Lipinski definition) is 1. The predicted octanol–water partition coefficient (Wildman–Crippen LogP) is 5.80. The second-order valence-corrected chi connectivity index (χ2v) is 7.31. The fourth-order valence-electron chi connectivity index (χ4n) is 3.94. The number of anilines is 1. The van der Waals surface area contributed by atoms with Gasteiger partial charge in [0, 0.05) is 23.1 Å². The van der Waals surface area contributed by atoms with Crippen molar-refractivity contribution < 1.29 is 4.74 Å². The Hall–Kier alpha value is -0.150. The van der Waals surface area contributed by atoms with Crippen molar-refractivity contribution in [2.24, 2.45) is 5.41 Å². The minimum atomic E-state index is 0.252. The Balaban J connectivity index is 1.80. The summed E-state index contributed by atoms with van der Waals surface area (Å²) in [6.45, 7) is 2.85. The highest BCUT2D eigenvalue weighted by Gasteiger charge is 2.56. The molecule has 1 spiro atoms. The van der Waals surface area contributed by atoms with Crippen molar-refractivity contribution in [3.8, 4) is 0 Å². The average molecular weight is 349 g/mol. The number of halogens is 3. The first kappa shape index (κ1) is 15.7. The van der Waals surface area contributed by atoms with Crippen molar-refractivity contribution in [3.05, 3.63) is 27.2 Å². The second-order valence-electron chi connectivity index (χ2n) is 6.06. The summed E-state index contributed by atoms with van der Waals surface area (Å²) < 4.78 is 5.94. The Morgan fingerprint density at radius 2 is 1.81 bits per heavy atom. The van der Waals surface area contributed by atoms with E-state index in [1.807, 2.05) is 0 Å². The van der Waals surface area contributed by atoms with Crippen LogP contribution in [0.4, 0.5) is 5.69 Å². The molecule has 2 atom stereocenters. The van der Waals surface area contributed by atoms with E-state index in [-0.39, 0.29) is 5.41 Å². The lowest BCUT2D eigenvalue weighted by molar-refractivity contribution is -0.114. The Morgan fingerprint density at radius 3 is 2.38 bits per heavy atom. The molecular formula is C16H20Cl3NO. The highest BCUT2D eigenvalue weighted by molar-refractivity contribution is 6.41. The minimum Gasteiger partial charge on any atom is -0.379 e. The summed E-state index contributed by atoms with van der Waals surface area (Å²) >= 11 is 18.6. The Bertz CT molecular complexity index is 505. The van der Waals surface area contributed by atoms with Gasteiger partial charge in [-0.05, 0) is 38.3 Å². The van der Waals surface area contributed by atoms with E-state index < -0.39 is 0 Å². The molecule has 116 valence electrons. The number of nitrogens with one attached hydrogen (secondary N) is 1. The molecule has 2 saturated carbocycles. The molecule has 0 heterocycles. The third-order valence-corrected chi connectivity index (χ3v) is 5.83. The molecule has 3 rings (SSSR count). The molecule has 0 amide bonds. The molecule has 0 radical (unpaired) electrons. The van der Waals surface area contributed by atoms with Crippen molar-refractivity contribution in [1.29, 1.82) is 0 Å². The van der Waals surface area contributed by atoms with Crippen LogP contribution in [-0.4, -0.2) is 18.8 Å². The standard InChI is InChI=1S/C16H20Cl3NO/c1-2-21-14-9-13(16(14)5-3-4-6-16)20-15-11(18)7-10(17)8-12(15)19/h7-8,13-14,20H,2-6,9H2,1H3. The molecule has 1 aromatic rings. The van der Waals surface area contributed by atoms with Crippen LogP contribution in [0.15, 0.2) is 12.1 Å². The van der Waals surface area contributed by atoms with Gasteiger partial charge in [0.1, 0.15) is 0 Å². The van der Waals surface area contributed by atoms with E-state index in [0.29, 0.717) is 27.2 Å². The zero-order valence-corrected chi connectivity index (χ0v) is 14.4. The van der Waals surface area contributed by atoms with Crippen molar-refractivity contribution in [3.63, 3.8) is 0 Å².